The Bertz CT molecular complexity index is 339. The molecule has 2 N–H and O–H groups in total. The highest BCUT2D eigenvalue weighted by Gasteiger charge is 2.24. The van der Waals surface area contributed by atoms with Crippen LogP contribution in [0.25, 0.3) is 0 Å². The maximum atomic E-state index is 11.7. The lowest BCUT2D eigenvalue weighted by Crippen LogP contribution is -2.48. The van der Waals surface area contributed by atoms with Gasteiger partial charge in [-0.2, -0.15) is 0 Å². The smallest absolute Gasteiger partial charge is 0.287 e. The second-order valence-electron chi connectivity index (χ2n) is 3.94. The van der Waals surface area contributed by atoms with E-state index in [1.54, 1.807) is 26.0 Å². The van der Waals surface area contributed by atoms with Gasteiger partial charge in [-0.15, -0.1) is 0 Å². The minimum atomic E-state index is -0.586. The topological polar surface area (TPSA) is 62.5 Å². The van der Waals surface area contributed by atoms with Crippen molar-refractivity contribution < 1.29 is 14.3 Å². The molecule has 0 aromatic carbocycles. The number of nitrogens with one attached hydrogen (secondary N) is 1. The minimum absolute atomic E-state index is 0.0884. The third-order valence-electron chi connectivity index (χ3n) is 2.51. The van der Waals surface area contributed by atoms with Crippen molar-refractivity contribution in [1.29, 1.82) is 0 Å². The first-order valence-corrected chi connectivity index (χ1v) is 5.00. The van der Waals surface area contributed by atoms with Crippen LogP contribution in [0.5, 0.6) is 0 Å². The fraction of sp³-hybridized carbons (Fsp3) is 0.545. The summed E-state index contributed by atoms with van der Waals surface area (Å²) in [6.45, 7) is 5.39. The Morgan fingerprint density at radius 3 is 2.67 bits per heavy atom. The van der Waals surface area contributed by atoms with Crippen molar-refractivity contribution in [2.24, 2.45) is 0 Å². The third kappa shape index (κ3) is 2.83. The van der Waals surface area contributed by atoms with Crippen LogP contribution in [-0.4, -0.2) is 23.2 Å². The number of aryl methyl sites for hydroxylation is 1. The van der Waals surface area contributed by atoms with Gasteiger partial charge in [0.05, 0.1) is 12.1 Å². The molecule has 0 aliphatic carbocycles. The Morgan fingerprint density at radius 1 is 1.60 bits per heavy atom. The van der Waals surface area contributed by atoms with Crippen molar-refractivity contribution in [3.05, 3.63) is 23.7 Å². The number of carbonyl (C=O) groups is 1. The van der Waals surface area contributed by atoms with E-state index in [0.717, 1.165) is 0 Å². The van der Waals surface area contributed by atoms with Crippen molar-refractivity contribution in [1.82, 2.24) is 5.32 Å². The molecule has 0 aliphatic rings. The first-order valence-electron chi connectivity index (χ1n) is 5.00. The van der Waals surface area contributed by atoms with Gasteiger partial charge in [-0.25, -0.2) is 0 Å². The van der Waals surface area contributed by atoms with Crippen LogP contribution in [0.3, 0.4) is 0 Å². The molecular formula is C11H17NO3. The van der Waals surface area contributed by atoms with Crippen LogP contribution in [0, 0.1) is 6.92 Å². The van der Waals surface area contributed by atoms with Crippen molar-refractivity contribution >= 4 is 5.91 Å². The maximum Gasteiger partial charge on any atom is 0.287 e. The number of aliphatic hydroxyl groups excluding tert-OH is 1. The van der Waals surface area contributed by atoms with Crippen LogP contribution >= 0.6 is 0 Å². The Balaban J connectivity index is 2.71. The lowest BCUT2D eigenvalue weighted by molar-refractivity contribution is 0.0818. The van der Waals surface area contributed by atoms with Crippen molar-refractivity contribution in [3.8, 4) is 0 Å². The van der Waals surface area contributed by atoms with Gasteiger partial charge in [-0.3, -0.25) is 4.79 Å². The molecule has 1 heterocycles. The van der Waals surface area contributed by atoms with Crippen LogP contribution in [-0.2, 0) is 0 Å². The second kappa shape index (κ2) is 4.49. The average Bonchev–Trinajstić information content (AvgIpc) is 2.65. The zero-order chi connectivity index (χ0) is 11.5. The summed E-state index contributed by atoms with van der Waals surface area (Å²) in [5, 5.41) is 11.9. The number of hydrogen-bond acceptors (Lipinski definition) is 3. The van der Waals surface area contributed by atoms with Crippen molar-refractivity contribution in [2.45, 2.75) is 32.7 Å². The Labute approximate surface area is 89.3 Å². The van der Waals surface area contributed by atoms with Crippen LogP contribution in [0.4, 0.5) is 0 Å². The molecule has 0 radical (unpaired) electrons. The number of furan rings is 1. The molecule has 0 saturated heterocycles. The summed E-state index contributed by atoms with van der Waals surface area (Å²) in [7, 11) is 0. The van der Waals surface area contributed by atoms with Crippen LogP contribution in [0.2, 0.25) is 0 Å². The van der Waals surface area contributed by atoms with Gasteiger partial charge in [0, 0.05) is 0 Å². The number of rotatable bonds is 4. The molecular weight excluding hydrogens is 194 g/mol. The third-order valence-corrected chi connectivity index (χ3v) is 2.51. The predicted molar refractivity (Wildman–Crippen MR) is 56.7 cm³/mol. The summed E-state index contributed by atoms with van der Waals surface area (Å²) in [5.41, 5.74) is -0.586. The van der Waals surface area contributed by atoms with Crippen LogP contribution < -0.4 is 5.32 Å². The quantitative estimate of drug-likeness (QED) is 0.793. The van der Waals surface area contributed by atoms with E-state index in [0.29, 0.717) is 12.2 Å². The van der Waals surface area contributed by atoms with E-state index in [2.05, 4.69) is 5.32 Å². The average molecular weight is 211 g/mol. The molecule has 1 aromatic rings. The molecule has 0 bridgehead atoms. The van der Waals surface area contributed by atoms with E-state index in [4.69, 9.17) is 9.52 Å². The van der Waals surface area contributed by atoms with E-state index >= 15 is 0 Å². The summed E-state index contributed by atoms with van der Waals surface area (Å²) in [6, 6.07) is 3.36. The minimum Gasteiger partial charge on any atom is -0.456 e. The molecule has 84 valence electrons. The molecule has 0 aliphatic heterocycles. The monoisotopic (exact) mass is 211 g/mol. The van der Waals surface area contributed by atoms with Crippen LogP contribution in [0.1, 0.15) is 36.6 Å². The van der Waals surface area contributed by atoms with E-state index in [1.165, 1.54) is 0 Å². The summed E-state index contributed by atoms with van der Waals surface area (Å²) >= 11 is 0. The fourth-order valence-electron chi connectivity index (χ4n) is 1.13. The molecule has 4 heteroatoms. The first-order chi connectivity index (χ1) is 7.00. The van der Waals surface area contributed by atoms with E-state index < -0.39 is 5.54 Å². The largest absolute Gasteiger partial charge is 0.456 e. The molecule has 0 spiro atoms. The normalized spacial score (nSPS) is 14.7. The van der Waals surface area contributed by atoms with E-state index in [-0.39, 0.29) is 18.3 Å². The zero-order valence-corrected chi connectivity index (χ0v) is 9.33. The molecule has 0 fully saturated rings. The van der Waals surface area contributed by atoms with Crippen molar-refractivity contribution in [3.63, 3.8) is 0 Å². The number of aliphatic hydroxyl groups is 1. The van der Waals surface area contributed by atoms with Gasteiger partial charge >= 0.3 is 0 Å². The van der Waals surface area contributed by atoms with Gasteiger partial charge < -0.3 is 14.8 Å². The summed E-state index contributed by atoms with van der Waals surface area (Å²) in [6.07, 6.45) is 0.662. The zero-order valence-electron chi connectivity index (χ0n) is 9.33. The molecule has 4 nitrogen and oxygen atoms in total. The molecule has 1 unspecified atom stereocenters. The van der Waals surface area contributed by atoms with Gasteiger partial charge in [0.25, 0.3) is 5.91 Å². The van der Waals surface area contributed by atoms with E-state index in [9.17, 15) is 4.79 Å². The Morgan fingerprint density at radius 2 is 2.27 bits per heavy atom. The Kier molecular flexibility index (Phi) is 3.52. The Hall–Kier alpha value is -1.29. The maximum absolute atomic E-state index is 11.7. The number of amides is 1. The SMILES string of the molecule is CCC(C)(CO)NC(=O)c1ccc(C)o1. The molecule has 1 amide bonds. The lowest BCUT2D eigenvalue weighted by atomic mass is 10.0. The molecule has 1 aromatic heterocycles. The van der Waals surface area contributed by atoms with Gasteiger partial charge in [0.2, 0.25) is 0 Å². The predicted octanol–water partition coefficient (Wildman–Crippen LogP) is 1.48. The van der Waals surface area contributed by atoms with Gasteiger partial charge in [0.1, 0.15) is 5.76 Å². The molecule has 1 atom stereocenters. The molecule has 0 saturated carbocycles. The molecule has 15 heavy (non-hydrogen) atoms. The summed E-state index contributed by atoms with van der Waals surface area (Å²) < 4.78 is 5.19. The van der Waals surface area contributed by atoms with Gasteiger partial charge in [0.15, 0.2) is 5.76 Å². The molecule has 1 rings (SSSR count). The standard InChI is InChI=1S/C11H17NO3/c1-4-11(3,7-13)12-10(14)9-6-5-8(2)15-9/h5-6,13H,4,7H2,1-3H3,(H,12,14). The fourth-order valence-corrected chi connectivity index (χ4v) is 1.13. The second-order valence-corrected chi connectivity index (χ2v) is 3.94. The first kappa shape index (κ1) is 11.8. The summed E-state index contributed by atoms with van der Waals surface area (Å²) in [5.74, 6) is 0.685. The van der Waals surface area contributed by atoms with Gasteiger partial charge in [-0.1, -0.05) is 6.92 Å². The van der Waals surface area contributed by atoms with E-state index in [1.807, 2.05) is 6.92 Å². The summed E-state index contributed by atoms with van der Waals surface area (Å²) in [4.78, 5) is 11.7. The highest BCUT2D eigenvalue weighted by Crippen LogP contribution is 2.11. The number of hydrogen-bond donors (Lipinski definition) is 2. The highest BCUT2D eigenvalue weighted by molar-refractivity contribution is 5.92. The number of carbonyl (C=O) groups excluding carboxylic acids is 1. The lowest BCUT2D eigenvalue weighted by Gasteiger charge is -2.26. The highest BCUT2D eigenvalue weighted by atomic mass is 16.3. The van der Waals surface area contributed by atoms with Gasteiger partial charge in [-0.05, 0) is 32.4 Å². The van der Waals surface area contributed by atoms with Crippen molar-refractivity contribution in [2.75, 3.05) is 6.61 Å². The van der Waals surface area contributed by atoms with Crippen LogP contribution in [0.15, 0.2) is 16.5 Å².